The first kappa shape index (κ1) is 13.2. The molecule has 0 atom stereocenters. The molecule has 106 valence electrons. The first-order valence-corrected chi connectivity index (χ1v) is 6.51. The van der Waals surface area contributed by atoms with Crippen molar-refractivity contribution in [3.63, 3.8) is 0 Å². The molecular formula is C16H14N2O3. The molecule has 0 unspecified atom stereocenters. The number of hydrogen-bond acceptors (Lipinski definition) is 3. The Morgan fingerprint density at radius 1 is 1.10 bits per heavy atom. The maximum atomic E-state index is 12.6. The number of hydrogen-bond donors (Lipinski definition) is 1. The van der Waals surface area contributed by atoms with E-state index in [0.29, 0.717) is 22.3 Å². The molecule has 0 spiro atoms. The number of fused-ring (bicyclic) bond motifs is 1. The second kappa shape index (κ2) is 4.94. The Morgan fingerprint density at radius 2 is 1.86 bits per heavy atom. The van der Waals surface area contributed by atoms with Crippen LogP contribution in [0.5, 0.6) is 5.75 Å². The number of ether oxygens (including phenoxy) is 1. The predicted molar refractivity (Wildman–Crippen MR) is 81.5 cm³/mol. The van der Waals surface area contributed by atoms with Gasteiger partial charge in [-0.1, -0.05) is 18.2 Å². The van der Waals surface area contributed by atoms with Crippen molar-refractivity contribution in [1.29, 1.82) is 0 Å². The molecule has 5 nitrogen and oxygen atoms in total. The minimum absolute atomic E-state index is 0.342. The zero-order valence-electron chi connectivity index (χ0n) is 11.7. The van der Waals surface area contributed by atoms with Gasteiger partial charge >= 0.3 is 5.69 Å². The van der Waals surface area contributed by atoms with Crippen molar-refractivity contribution in [3.8, 4) is 11.4 Å². The van der Waals surface area contributed by atoms with Gasteiger partial charge in [0.15, 0.2) is 0 Å². The van der Waals surface area contributed by atoms with Crippen molar-refractivity contribution < 1.29 is 4.74 Å². The minimum Gasteiger partial charge on any atom is -0.497 e. The summed E-state index contributed by atoms with van der Waals surface area (Å²) in [5.41, 5.74) is 1.11. The Balaban J connectivity index is 2.38. The second-order valence-electron chi connectivity index (χ2n) is 4.77. The number of H-pyrrole nitrogens is 1. The van der Waals surface area contributed by atoms with Gasteiger partial charge in [-0.2, -0.15) is 0 Å². The van der Waals surface area contributed by atoms with Crippen LogP contribution in [0.2, 0.25) is 0 Å². The topological polar surface area (TPSA) is 64.1 Å². The summed E-state index contributed by atoms with van der Waals surface area (Å²) in [6, 6.07) is 12.2. The molecule has 0 aliphatic rings. The molecule has 21 heavy (non-hydrogen) atoms. The number of rotatable bonds is 2. The fourth-order valence-corrected chi connectivity index (χ4v) is 2.37. The van der Waals surface area contributed by atoms with E-state index in [0.717, 1.165) is 10.1 Å². The van der Waals surface area contributed by atoms with Crippen LogP contribution < -0.4 is 16.0 Å². The molecule has 1 N–H and O–H groups in total. The summed E-state index contributed by atoms with van der Waals surface area (Å²) in [7, 11) is 1.54. The predicted octanol–water partition coefficient (Wildman–Crippen LogP) is 2.00. The Hall–Kier alpha value is -2.82. The van der Waals surface area contributed by atoms with E-state index in [2.05, 4.69) is 4.98 Å². The Kier molecular flexibility index (Phi) is 3.10. The first-order valence-electron chi connectivity index (χ1n) is 6.51. The molecule has 0 radical (unpaired) electrons. The standard InChI is InChI=1S/C16H14N2O3/c1-10-5-3-8-13-14(10)17-16(20)18(15(13)19)11-6-4-7-12(9-11)21-2/h3-9H,1-2H3,(H,17,20). The molecule has 1 heterocycles. The third kappa shape index (κ3) is 2.12. The maximum Gasteiger partial charge on any atom is 0.333 e. The number of methoxy groups -OCH3 is 1. The highest BCUT2D eigenvalue weighted by Crippen LogP contribution is 2.15. The van der Waals surface area contributed by atoms with E-state index in [1.54, 1.807) is 36.4 Å². The molecule has 0 aliphatic heterocycles. The number of benzene rings is 2. The van der Waals surface area contributed by atoms with E-state index in [-0.39, 0.29) is 5.56 Å². The first-order chi connectivity index (χ1) is 10.1. The van der Waals surface area contributed by atoms with Crippen LogP contribution in [0.3, 0.4) is 0 Å². The van der Waals surface area contributed by atoms with Gasteiger partial charge in [0.2, 0.25) is 0 Å². The summed E-state index contributed by atoms with van der Waals surface area (Å²) in [5.74, 6) is 0.586. The average Bonchev–Trinajstić information content (AvgIpc) is 2.49. The lowest BCUT2D eigenvalue weighted by atomic mass is 10.1. The van der Waals surface area contributed by atoms with Gasteiger partial charge in [-0.05, 0) is 30.7 Å². The van der Waals surface area contributed by atoms with Gasteiger partial charge in [0.25, 0.3) is 5.56 Å². The molecule has 5 heteroatoms. The quantitative estimate of drug-likeness (QED) is 0.782. The summed E-state index contributed by atoms with van der Waals surface area (Å²) in [4.78, 5) is 27.6. The normalized spacial score (nSPS) is 10.8. The fraction of sp³-hybridized carbons (Fsp3) is 0.125. The summed E-state index contributed by atoms with van der Waals surface area (Å²) in [6.07, 6.45) is 0. The van der Waals surface area contributed by atoms with E-state index in [4.69, 9.17) is 4.74 Å². The third-order valence-corrected chi connectivity index (χ3v) is 3.45. The van der Waals surface area contributed by atoms with Crippen LogP contribution in [0, 0.1) is 6.92 Å². The van der Waals surface area contributed by atoms with Crippen molar-refractivity contribution in [1.82, 2.24) is 9.55 Å². The van der Waals surface area contributed by atoms with E-state index < -0.39 is 5.69 Å². The molecule has 0 bridgehead atoms. The zero-order chi connectivity index (χ0) is 15.0. The van der Waals surface area contributed by atoms with Gasteiger partial charge < -0.3 is 9.72 Å². The third-order valence-electron chi connectivity index (χ3n) is 3.45. The Labute approximate surface area is 120 Å². The van der Waals surface area contributed by atoms with Crippen LogP contribution in [0.1, 0.15) is 5.56 Å². The van der Waals surface area contributed by atoms with Crippen molar-refractivity contribution in [2.75, 3.05) is 7.11 Å². The molecule has 3 rings (SSSR count). The van der Waals surface area contributed by atoms with E-state index >= 15 is 0 Å². The number of nitrogens with one attached hydrogen (secondary N) is 1. The Morgan fingerprint density at radius 3 is 2.62 bits per heavy atom. The summed E-state index contributed by atoms with van der Waals surface area (Å²) < 4.78 is 6.25. The summed E-state index contributed by atoms with van der Waals surface area (Å²) in [5, 5.41) is 0.484. The highest BCUT2D eigenvalue weighted by molar-refractivity contribution is 5.80. The number of aryl methyl sites for hydroxylation is 1. The van der Waals surface area contributed by atoms with Crippen molar-refractivity contribution in [2.45, 2.75) is 6.92 Å². The lowest BCUT2D eigenvalue weighted by Crippen LogP contribution is -2.33. The monoisotopic (exact) mass is 282 g/mol. The van der Waals surface area contributed by atoms with E-state index in [1.807, 2.05) is 13.0 Å². The molecular weight excluding hydrogens is 268 g/mol. The molecule has 0 aliphatic carbocycles. The summed E-state index contributed by atoms with van der Waals surface area (Å²) >= 11 is 0. The maximum absolute atomic E-state index is 12.6. The molecule has 0 saturated heterocycles. The number of aromatic nitrogens is 2. The molecule has 0 fully saturated rings. The smallest absolute Gasteiger partial charge is 0.333 e. The van der Waals surface area contributed by atoms with Crippen LogP contribution in [-0.4, -0.2) is 16.7 Å². The van der Waals surface area contributed by atoms with Gasteiger partial charge in [-0.25, -0.2) is 9.36 Å². The van der Waals surface area contributed by atoms with Gasteiger partial charge in [-0.3, -0.25) is 4.79 Å². The minimum atomic E-state index is -0.463. The van der Waals surface area contributed by atoms with Crippen LogP contribution in [0.25, 0.3) is 16.6 Å². The highest BCUT2D eigenvalue weighted by Gasteiger charge is 2.11. The SMILES string of the molecule is COc1cccc(-n2c(=O)[nH]c3c(C)cccc3c2=O)c1. The van der Waals surface area contributed by atoms with Gasteiger partial charge in [-0.15, -0.1) is 0 Å². The zero-order valence-corrected chi connectivity index (χ0v) is 11.7. The second-order valence-corrected chi connectivity index (χ2v) is 4.77. The van der Waals surface area contributed by atoms with Crippen molar-refractivity contribution in [2.24, 2.45) is 0 Å². The lowest BCUT2D eigenvalue weighted by Gasteiger charge is -2.09. The van der Waals surface area contributed by atoms with Crippen LogP contribution >= 0.6 is 0 Å². The van der Waals surface area contributed by atoms with Gasteiger partial charge in [0.05, 0.1) is 23.7 Å². The largest absolute Gasteiger partial charge is 0.497 e. The number of nitrogens with zero attached hydrogens (tertiary/aromatic N) is 1. The van der Waals surface area contributed by atoms with Crippen LogP contribution in [0.4, 0.5) is 0 Å². The summed E-state index contributed by atoms with van der Waals surface area (Å²) in [6.45, 7) is 1.85. The van der Waals surface area contributed by atoms with Gasteiger partial charge in [0.1, 0.15) is 5.75 Å². The molecule has 1 aromatic heterocycles. The van der Waals surface area contributed by atoms with E-state index in [9.17, 15) is 9.59 Å². The highest BCUT2D eigenvalue weighted by atomic mass is 16.5. The molecule has 3 aromatic rings. The molecule has 0 saturated carbocycles. The molecule has 2 aromatic carbocycles. The van der Waals surface area contributed by atoms with Crippen LogP contribution in [0.15, 0.2) is 52.1 Å². The average molecular weight is 282 g/mol. The van der Waals surface area contributed by atoms with E-state index in [1.165, 1.54) is 7.11 Å². The van der Waals surface area contributed by atoms with Gasteiger partial charge in [0, 0.05) is 6.07 Å². The number of aromatic amines is 1. The Bertz CT molecular complexity index is 938. The number of para-hydroxylation sites is 1. The molecule has 0 amide bonds. The van der Waals surface area contributed by atoms with Crippen LogP contribution in [-0.2, 0) is 0 Å². The van der Waals surface area contributed by atoms with Crippen molar-refractivity contribution in [3.05, 3.63) is 68.9 Å². The van der Waals surface area contributed by atoms with Crippen molar-refractivity contribution >= 4 is 10.9 Å². The fourth-order valence-electron chi connectivity index (χ4n) is 2.37. The lowest BCUT2D eigenvalue weighted by molar-refractivity contribution is 0.414.